The van der Waals surface area contributed by atoms with E-state index in [1.807, 2.05) is 18.5 Å². The van der Waals surface area contributed by atoms with Crippen LogP contribution in [0, 0.1) is 6.54 Å². The number of anilines is 1. The number of pyridine rings is 1. The summed E-state index contributed by atoms with van der Waals surface area (Å²) in [6, 6.07) is 2.04. The summed E-state index contributed by atoms with van der Waals surface area (Å²) < 4.78 is 0. The Bertz CT molecular complexity index is 207. The molecular formula is C8H8N2. The molecule has 50 valence electrons. The third kappa shape index (κ3) is 0.856. The zero-order valence-corrected chi connectivity index (χ0v) is 5.59. The van der Waals surface area contributed by atoms with Crippen molar-refractivity contribution < 1.29 is 0 Å². The minimum absolute atomic E-state index is 0.997. The van der Waals surface area contributed by atoms with Gasteiger partial charge in [-0.25, -0.2) is 0 Å². The molecule has 0 saturated heterocycles. The minimum atomic E-state index is 0.997. The van der Waals surface area contributed by atoms with Gasteiger partial charge >= 0.3 is 0 Å². The highest BCUT2D eigenvalue weighted by Gasteiger charge is 2.06. The predicted octanol–water partition coefficient (Wildman–Crippen LogP) is 1.48. The summed E-state index contributed by atoms with van der Waals surface area (Å²) in [5, 5.41) is 3.05. The molecule has 1 aliphatic heterocycles. The SMILES string of the molecule is [C]1CCc2ccncc2N1. The highest BCUT2D eigenvalue weighted by Crippen LogP contribution is 2.20. The van der Waals surface area contributed by atoms with Crippen LogP contribution >= 0.6 is 0 Å². The van der Waals surface area contributed by atoms with Gasteiger partial charge in [-0.3, -0.25) is 4.98 Å². The number of rotatable bonds is 0. The standard InChI is InChI=1S/C8H8N2/c1-2-7-3-5-9-6-8(7)10-4-1/h3,5-6,10H,1-2H2. The predicted molar refractivity (Wildman–Crippen MR) is 39.4 cm³/mol. The van der Waals surface area contributed by atoms with E-state index in [9.17, 15) is 0 Å². The van der Waals surface area contributed by atoms with Crippen LogP contribution < -0.4 is 5.32 Å². The highest BCUT2D eigenvalue weighted by molar-refractivity contribution is 5.52. The van der Waals surface area contributed by atoms with Crippen LogP contribution in [0.4, 0.5) is 5.69 Å². The van der Waals surface area contributed by atoms with Gasteiger partial charge in [0.25, 0.3) is 0 Å². The molecule has 2 heteroatoms. The molecule has 0 spiro atoms. The van der Waals surface area contributed by atoms with E-state index in [0.717, 1.165) is 18.5 Å². The van der Waals surface area contributed by atoms with Crippen LogP contribution in [-0.2, 0) is 6.42 Å². The lowest BCUT2D eigenvalue weighted by Crippen LogP contribution is -2.06. The summed E-state index contributed by atoms with van der Waals surface area (Å²) in [6.07, 6.45) is 5.75. The molecular weight excluding hydrogens is 124 g/mol. The molecule has 0 amide bonds. The second-order valence-electron chi connectivity index (χ2n) is 2.33. The van der Waals surface area contributed by atoms with Gasteiger partial charge in [-0.05, 0) is 24.5 Å². The zero-order valence-electron chi connectivity index (χ0n) is 5.59. The van der Waals surface area contributed by atoms with Crippen LogP contribution in [0.5, 0.6) is 0 Å². The number of aromatic nitrogens is 1. The lowest BCUT2D eigenvalue weighted by Gasteiger charge is -2.14. The molecule has 0 atom stereocenters. The monoisotopic (exact) mass is 132 g/mol. The second-order valence-corrected chi connectivity index (χ2v) is 2.33. The Morgan fingerprint density at radius 3 is 3.50 bits per heavy atom. The highest BCUT2D eigenvalue weighted by atomic mass is 14.9. The van der Waals surface area contributed by atoms with Crippen molar-refractivity contribution >= 4 is 5.69 Å². The maximum Gasteiger partial charge on any atom is 0.0884 e. The van der Waals surface area contributed by atoms with E-state index in [2.05, 4.69) is 16.8 Å². The fourth-order valence-corrected chi connectivity index (χ4v) is 1.11. The van der Waals surface area contributed by atoms with Crippen molar-refractivity contribution in [3.05, 3.63) is 30.6 Å². The number of nitrogens with zero attached hydrogens (tertiary/aromatic N) is 1. The third-order valence-corrected chi connectivity index (χ3v) is 1.65. The Morgan fingerprint density at radius 2 is 2.60 bits per heavy atom. The Labute approximate surface area is 60.3 Å². The van der Waals surface area contributed by atoms with Crippen LogP contribution in [0.1, 0.15) is 12.0 Å². The summed E-state index contributed by atoms with van der Waals surface area (Å²) in [5.41, 5.74) is 2.45. The van der Waals surface area contributed by atoms with Crippen LogP contribution in [0.15, 0.2) is 18.5 Å². The molecule has 0 aliphatic carbocycles. The molecule has 0 aromatic carbocycles. The molecule has 1 N–H and O–H groups in total. The van der Waals surface area contributed by atoms with Gasteiger partial charge in [0.05, 0.1) is 18.4 Å². The smallest absolute Gasteiger partial charge is 0.0884 e. The molecule has 0 unspecified atom stereocenters. The van der Waals surface area contributed by atoms with E-state index in [0.29, 0.717) is 0 Å². The largest absolute Gasteiger partial charge is 0.373 e. The van der Waals surface area contributed by atoms with Crippen molar-refractivity contribution in [3.63, 3.8) is 0 Å². The first-order chi connectivity index (χ1) is 4.97. The summed E-state index contributed by atoms with van der Waals surface area (Å²) in [4.78, 5) is 4.00. The normalized spacial score (nSPS) is 15.6. The van der Waals surface area contributed by atoms with Crippen molar-refractivity contribution in [3.8, 4) is 0 Å². The van der Waals surface area contributed by atoms with Crippen LogP contribution in [0.3, 0.4) is 0 Å². The Kier molecular flexibility index (Phi) is 1.31. The van der Waals surface area contributed by atoms with Crippen molar-refractivity contribution in [1.29, 1.82) is 0 Å². The lowest BCUT2D eigenvalue weighted by atomic mass is 10.1. The average Bonchev–Trinajstić information content (AvgIpc) is 2.05. The summed E-state index contributed by atoms with van der Waals surface area (Å²) in [5.74, 6) is 0. The van der Waals surface area contributed by atoms with E-state index < -0.39 is 0 Å². The zero-order chi connectivity index (χ0) is 6.81. The van der Waals surface area contributed by atoms with Crippen LogP contribution in [-0.4, -0.2) is 4.98 Å². The van der Waals surface area contributed by atoms with Crippen LogP contribution in [0.25, 0.3) is 0 Å². The Balaban J connectivity index is 2.41. The van der Waals surface area contributed by atoms with E-state index in [1.54, 1.807) is 0 Å². The quantitative estimate of drug-likeness (QED) is 0.578. The maximum atomic E-state index is 4.00. The number of hydrogen-bond acceptors (Lipinski definition) is 2. The topological polar surface area (TPSA) is 24.9 Å². The average molecular weight is 132 g/mol. The number of nitrogens with one attached hydrogen (secondary N) is 1. The van der Waals surface area contributed by atoms with Gasteiger partial charge < -0.3 is 5.32 Å². The fraction of sp³-hybridized carbons (Fsp3) is 0.250. The molecule has 2 heterocycles. The van der Waals surface area contributed by atoms with Gasteiger partial charge in [-0.15, -0.1) is 0 Å². The Morgan fingerprint density at radius 1 is 1.60 bits per heavy atom. The van der Waals surface area contributed by atoms with E-state index in [-0.39, 0.29) is 0 Å². The number of aryl methyl sites for hydroxylation is 1. The van der Waals surface area contributed by atoms with Crippen molar-refractivity contribution in [2.45, 2.75) is 12.8 Å². The summed E-state index contributed by atoms with van der Waals surface area (Å²) >= 11 is 0. The third-order valence-electron chi connectivity index (χ3n) is 1.65. The molecule has 0 bridgehead atoms. The number of fused-ring (bicyclic) bond motifs is 1. The molecule has 2 rings (SSSR count). The summed E-state index contributed by atoms with van der Waals surface area (Å²) in [6.45, 7) is 3.05. The van der Waals surface area contributed by atoms with Gasteiger partial charge in [-0.1, -0.05) is 0 Å². The molecule has 0 saturated carbocycles. The van der Waals surface area contributed by atoms with Crippen molar-refractivity contribution in [1.82, 2.24) is 4.98 Å². The minimum Gasteiger partial charge on any atom is -0.373 e. The molecule has 2 nitrogen and oxygen atoms in total. The van der Waals surface area contributed by atoms with Crippen molar-refractivity contribution in [2.24, 2.45) is 0 Å². The summed E-state index contributed by atoms with van der Waals surface area (Å²) in [7, 11) is 0. The molecule has 1 aromatic rings. The first kappa shape index (κ1) is 5.71. The van der Waals surface area contributed by atoms with Gasteiger partial charge in [0, 0.05) is 6.20 Å². The molecule has 1 aliphatic rings. The second kappa shape index (κ2) is 2.29. The van der Waals surface area contributed by atoms with E-state index in [4.69, 9.17) is 0 Å². The van der Waals surface area contributed by atoms with Gasteiger partial charge in [0.2, 0.25) is 0 Å². The molecule has 2 radical (unpaired) electrons. The lowest BCUT2D eigenvalue weighted by molar-refractivity contribution is 0.903. The van der Waals surface area contributed by atoms with Gasteiger partial charge in [-0.2, -0.15) is 0 Å². The van der Waals surface area contributed by atoms with Crippen LogP contribution in [0.2, 0.25) is 0 Å². The molecule has 10 heavy (non-hydrogen) atoms. The van der Waals surface area contributed by atoms with E-state index >= 15 is 0 Å². The molecule has 0 fully saturated rings. The first-order valence-electron chi connectivity index (χ1n) is 3.38. The first-order valence-corrected chi connectivity index (χ1v) is 3.38. The maximum absolute atomic E-state index is 4.00. The van der Waals surface area contributed by atoms with Crippen molar-refractivity contribution in [2.75, 3.05) is 5.32 Å². The van der Waals surface area contributed by atoms with Gasteiger partial charge in [0.15, 0.2) is 0 Å². The van der Waals surface area contributed by atoms with E-state index in [1.165, 1.54) is 5.56 Å². The molecule has 1 aromatic heterocycles. The number of hydrogen-bond donors (Lipinski definition) is 1. The Hall–Kier alpha value is -1.05. The van der Waals surface area contributed by atoms with Gasteiger partial charge in [0.1, 0.15) is 0 Å². The fourth-order valence-electron chi connectivity index (χ4n) is 1.11.